The molecule has 0 bridgehead atoms. The van der Waals surface area contributed by atoms with Crippen molar-refractivity contribution in [2.75, 3.05) is 39.8 Å². The van der Waals surface area contributed by atoms with Gasteiger partial charge in [-0.15, -0.1) is 0 Å². The first-order chi connectivity index (χ1) is 12.5. The monoisotopic (exact) mass is 357 g/mol. The van der Waals surface area contributed by atoms with Gasteiger partial charge in [-0.05, 0) is 12.0 Å². The molecular weight excluding hydrogens is 334 g/mol. The number of carbonyl (C=O) groups is 2. The van der Waals surface area contributed by atoms with Crippen molar-refractivity contribution < 1.29 is 9.59 Å². The van der Waals surface area contributed by atoms with Crippen LogP contribution in [-0.4, -0.2) is 91.9 Å². The molecule has 0 saturated carbocycles. The lowest BCUT2D eigenvalue weighted by atomic mass is 10.1. The third-order valence-corrected chi connectivity index (χ3v) is 5.25. The summed E-state index contributed by atoms with van der Waals surface area (Å²) >= 11 is 0. The molecule has 0 radical (unpaired) electrons. The first-order valence-corrected chi connectivity index (χ1v) is 8.94. The van der Waals surface area contributed by atoms with E-state index in [1.165, 1.54) is 6.33 Å². The fraction of sp³-hybridized carbons (Fsp3) is 0.588. The number of likely N-dealkylation sites (N-methyl/N-ethyl adjacent to an activating group) is 1. The molecule has 138 valence electrons. The lowest BCUT2D eigenvalue weighted by Crippen LogP contribution is -2.64. The first kappa shape index (κ1) is 16.9. The molecule has 2 fully saturated rings. The van der Waals surface area contributed by atoms with Gasteiger partial charge in [0.15, 0.2) is 0 Å². The molecule has 9 nitrogen and oxygen atoms in total. The van der Waals surface area contributed by atoms with Gasteiger partial charge < -0.3 is 9.80 Å². The number of hydrogen-bond acceptors (Lipinski definition) is 6. The molecule has 2 aromatic rings. The normalized spacial score (nSPS) is 21.5. The number of fused-ring (bicyclic) bond motifs is 2. The number of hydrogen-bond donors (Lipinski definition) is 0. The molecule has 2 amide bonds. The minimum absolute atomic E-state index is 0.0810. The summed E-state index contributed by atoms with van der Waals surface area (Å²) < 4.78 is 1.67. The minimum atomic E-state index is -0.257. The van der Waals surface area contributed by atoms with Crippen LogP contribution in [-0.2, 0) is 4.79 Å². The third-order valence-electron chi connectivity index (χ3n) is 5.25. The number of nitrogens with zero attached hydrogens (tertiary/aromatic N) is 7. The summed E-state index contributed by atoms with van der Waals surface area (Å²) in [5.74, 6) is 0.529. The molecule has 0 unspecified atom stereocenters. The minimum Gasteiger partial charge on any atom is -0.343 e. The Balaban J connectivity index is 1.62. The van der Waals surface area contributed by atoms with Crippen LogP contribution < -0.4 is 0 Å². The van der Waals surface area contributed by atoms with Gasteiger partial charge in [-0.1, -0.05) is 13.8 Å². The van der Waals surface area contributed by atoms with Crippen molar-refractivity contribution in [3.63, 3.8) is 0 Å². The molecule has 1 atom stereocenters. The van der Waals surface area contributed by atoms with Crippen LogP contribution in [0.15, 0.2) is 12.4 Å². The summed E-state index contributed by atoms with van der Waals surface area (Å²) in [7, 11) is 1.82. The van der Waals surface area contributed by atoms with Crippen molar-refractivity contribution in [3.05, 3.63) is 23.8 Å². The van der Waals surface area contributed by atoms with Gasteiger partial charge in [0.2, 0.25) is 5.91 Å². The number of aromatic nitrogens is 4. The molecule has 0 spiro atoms. The summed E-state index contributed by atoms with van der Waals surface area (Å²) in [5, 5.41) is 4.19. The van der Waals surface area contributed by atoms with Crippen LogP contribution >= 0.6 is 0 Å². The number of rotatable bonds is 2. The molecule has 0 N–H and O–H groups in total. The summed E-state index contributed by atoms with van der Waals surface area (Å²) in [5.41, 5.74) is 1.25. The van der Waals surface area contributed by atoms with Gasteiger partial charge in [0.05, 0.1) is 5.69 Å². The Morgan fingerprint density at radius 3 is 2.77 bits per heavy atom. The van der Waals surface area contributed by atoms with Crippen LogP contribution in [0.1, 0.15) is 35.9 Å². The second-order valence-corrected chi connectivity index (χ2v) is 7.26. The Morgan fingerprint density at radius 2 is 2.00 bits per heavy atom. The van der Waals surface area contributed by atoms with E-state index in [4.69, 9.17) is 0 Å². The summed E-state index contributed by atoms with van der Waals surface area (Å²) in [6.07, 6.45) is 1.44. The lowest BCUT2D eigenvalue weighted by molar-refractivity contribution is -0.142. The summed E-state index contributed by atoms with van der Waals surface area (Å²) in [6, 6.07) is 1.53. The van der Waals surface area contributed by atoms with Gasteiger partial charge >= 0.3 is 0 Å². The van der Waals surface area contributed by atoms with Crippen LogP contribution in [0.2, 0.25) is 0 Å². The molecule has 0 aromatic carbocycles. The highest BCUT2D eigenvalue weighted by atomic mass is 16.2. The zero-order valence-electron chi connectivity index (χ0n) is 15.3. The van der Waals surface area contributed by atoms with E-state index in [1.807, 2.05) is 20.9 Å². The van der Waals surface area contributed by atoms with E-state index in [1.54, 1.807) is 20.4 Å². The van der Waals surface area contributed by atoms with Crippen molar-refractivity contribution in [3.8, 4) is 0 Å². The quantitative estimate of drug-likeness (QED) is 0.743. The molecule has 0 aliphatic carbocycles. The molecule has 9 heteroatoms. The standard InChI is InChI=1S/C17H23N7O2/c1-11(2)13-8-12(20-17-18-10-19-24(13)17)15(25)23-7-6-22-5-4-21(3)16(26)14(22)9-23/h8,10-11,14H,4-7,9H2,1-3H3/t14-/m1/s1. The van der Waals surface area contributed by atoms with E-state index in [0.717, 1.165) is 18.8 Å². The average molecular weight is 357 g/mol. The molecule has 2 aromatic heterocycles. The van der Waals surface area contributed by atoms with Gasteiger partial charge in [0, 0.05) is 39.8 Å². The maximum absolute atomic E-state index is 13.1. The van der Waals surface area contributed by atoms with Crippen LogP contribution in [0.25, 0.3) is 5.78 Å². The fourth-order valence-electron chi connectivity index (χ4n) is 3.67. The van der Waals surface area contributed by atoms with Gasteiger partial charge in [0.1, 0.15) is 18.1 Å². The number of piperazine rings is 2. The highest BCUT2D eigenvalue weighted by Crippen LogP contribution is 2.20. The summed E-state index contributed by atoms with van der Waals surface area (Å²) in [6.45, 7) is 7.39. The second-order valence-electron chi connectivity index (χ2n) is 7.26. The maximum atomic E-state index is 13.1. The smallest absolute Gasteiger partial charge is 0.272 e. The molecule has 4 rings (SSSR count). The SMILES string of the molecule is CC(C)c1cc(C(=O)N2CCN3CCN(C)C(=O)[C@H]3C2)nc2ncnn12. The van der Waals surface area contributed by atoms with E-state index in [-0.39, 0.29) is 23.8 Å². The van der Waals surface area contributed by atoms with Crippen LogP contribution in [0.5, 0.6) is 0 Å². The Labute approximate surface area is 151 Å². The van der Waals surface area contributed by atoms with Crippen molar-refractivity contribution >= 4 is 17.6 Å². The Bertz CT molecular complexity index is 862. The second kappa shape index (κ2) is 6.31. The Morgan fingerprint density at radius 1 is 1.23 bits per heavy atom. The number of carbonyl (C=O) groups excluding carboxylic acids is 2. The van der Waals surface area contributed by atoms with E-state index in [2.05, 4.69) is 20.0 Å². The maximum Gasteiger partial charge on any atom is 0.272 e. The largest absolute Gasteiger partial charge is 0.343 e. The third kappa shape index (κ3) is 2.72. The van der Waals surface area contributed by atoms with Gasteiger partial charge in [-0.2, -0.15) is 10.1 Å². The molecule has 26 heavy (non-hydrogen) atoms. The molecule has 2 aliphatic heterocycles. The van der Waals surface area contributed by atoms with Gasteiger partial charge in [-0.3, -0.25) is 14.5 Å². The van der Waals surface area contributed by atoms with E-state index >= 15 is 0 Å². The van der Waals surface area contributed by atoms with Crippen LogP contribution in [0.3, 0.4) is 0 Å². The Hall–Kier alpha value is -2.55. The molecule has 4 heterocycles. The highest BCUT2D eigenvalue weighted by molar-refractivity contribution is 5.93. The molecule has 2 aliphatic rings. The predicted octanol–water partition coefficient (Wildman–Crippen LogP) is -0.154. The zero-order chi connectivity index (χ0) is 18.4. The molecule has 2 saturated heterocycles. The topological polar surface area (TPSA) is 86.9 Å². The van der Waals surface area contributed by atoms with Gasteiger partial charge in [0.25, 0.3) is 11.7 Å². The zero-order valence-corrected chi connectivity index (χ0v) is 15.3. The highest BCUT2D eigenvalue weighted by Gasteiger charge is 2.39. The lowest BCUT2D eigenvalue weighted by Gasteiger charge is -2.45. The molecular formula is C17H23N7O2. The fourth-order valence-corrected chi connectivity index (χ4v) is 3.67. The van der Waals surface area contributed by atoms with E-state index in [9.17, 15) is 9.59 Å². The Kier molecular flexibility index (Phi) is 4.10. The van der Waals surface area contributed by atoms with Crippen molar-refractivity contribution in [2.45, 2.75) is 25.8 Å². The van der Waals surface area contributed by atoms with E-state index in [0.29, 0.717) is 31.1 Å². The van der Waals surface area contributed by atoms with Crippen LogP contribution in [0.4, 0.5) is 0 Å². The predicted molar refractivity (Wildman–Crippen MR) is 93.8 cm³/mol. The average Bonchev–Trinajstić information content (AvgIpc) is 3.11. The van der Waals surface area contributed by atoms with Gasteiger partial charge in [-0.25, -0.2) is 9.50 Å². The summed E-state index contributed by atoms with van der Waals surface area (Å²) in [4.78, 5) is 39.7. The van der Waals surface area contributed by atoms with Crippen molar-refractivity contribution in [1.82, 2.24) is 34.3 Å². The number of amides is 2. The van der Waals surface area contributed by atoms with Crippen molar-refractivity contribution in [1.29, 1.82) is 0 Å². The van der Waals surface area contributed by atoms with E-state index < -0.39 is 0 Å². The van der Waals surface area contributed by atoms with Crippen molar-refractivity contribution in [2.24, 2.45) is 0 Å². The van der Waals surface area contributed by atoms with Crippen LogP contribution in [0, 0.1) is 0 Å². The first-order valence-electron chi connectivity index (χ1n) is 8.94.